The molecule has 98 valence electrons. The molecular weight excluding hydrogens is 258 g/mol. The van der Waals surface area contributed by atoms with Crippen LogP contribution in [0.1, 0.15) is 11.1 Å². The Kier molecular flexibility index (Phi) is 3.64. The number of aliphatic imine (C=N–C) groups is 1. The van der Waals surface area contributed by atoms with E-state index in [0.717, 1.165) is 12.1 Å². The Labute approximate surface area is 107 Å². The minimum Gasteiger partial charge on any atom is -0.256 e. The van der Waals surface area contributed by atoms with E-state index >= 15 is 0 Å². The molecular formula is C14H9F4N. The summed E-state index contributed by atoms with van der Waals surface area (Å²) in [6.45, 7) is 0. The predicted molar refractivity (Wildman–Crippen MR) is 65.1 cm³/mol. The highest BCUT2D eigenvalue weighted by Crippen LogP contribution is 2.29. The molecule has 0 amide bonds. The monoisotopic (exact) mass is 267 g/mol. The van der Waals surface area contributed by atoms with Crippen LogP contribution in [0.25, 0.3) is 0 Å². The van der Waals surface area contributed by atoms with Gasteiger partial charge in [0, 0.05) is 6.21 Å². The molecule has 0 saturated carbocycles. The van der Waals surface area contributed by atoms with Gasteiger partial charge in [-0.05, 0) is 42.0 Å². The molecule has 0 fully saturated rings. The van der Waals surface area contributed by atoms with Crippen molar-refractivity contribution in [2.45, 2.75) is 6.18 Å². The van der Waals surface area contributed by atoms with Gasteiger partial charge in [-0.25, -0.2) is 4.39 Å². The van der Waals surface area contributed by atoms with E-state index in [0.29, 0.717) is 11.3 Å². The summed E-state index contributed by atoms with van der Waals surface area (Å²) in [6.07, 6.45) is -3.07. The van der Waals surface area contributed by atoms with Gasteiger partial charge in [-0.1, -0.05) is 12.1 Å². The third-order valence-electron chi connectivity index (χ3n) is 2.40. The Morgan fingerprint density at radius 1 is 0.947 bits per heavy atom. The maximum atomic E-state index is 12.7. The smallest absolute Gasteiger partial charge is 0.256 e. The fourth-order valence-electron chi connectivity index (χ4n) is 1.47. The molecule has 2 aromatic carbocycles. The fourth-order valence-corrected chi connectivity index (χ4v) is 1.47. The van der Waals surface area contributed by atoms with E-state index in [1.807, 2.05) is 0 Å². The number of hydrogen-bond acceptors (Lipinski definition) is 1. The first kappa shape index (κ1) is 13.3. The molecule has 5 heteroatoms. The van der Waals surface area contributed by atoms with Crippen LogP contribution >= 0.6 is 0 Å². The highest BCUT2D eigenvalue weighted by atomic mass is 19.4. The van der Waals surface area contributed by atoms with Crippen molar-refractivity contribution >= 4 is 11.9 Å². The zero-order valence-electron chi connectivity index (χ0n) is 9.66. The van der Waals surface area contributed by atoms with Crippen LogP contribution in [0.5, 0.6) is 0 Å². The quantitative estimate of drug-likeness (QED) is 0.557. The second-order valence-electron chi connectivity index (χ2n) is 3.86. The minimum absolute atomic E-state index is 0.333. The van der Waals surface area contributed by atoms with Crippen LogP contribution in [0.4, 0.5) is 23.2 Å². The van der Waals surface area contributed by atoms with Gasteiger partial charge in [0.1, 0.15) is 5.82 Å². The van der Waals surface area contributed by atoms with Crippen LogP contribution in [0, 0.1) is 5.82 Å². The van der Waals surface area contributed by atoms with Crippen molar-refractivity contribution in [3.05, 3.63) is 65.5 Å². The molecule has 19 heavy (non-hydrogen) atoms. The van der Waals surface area contributed by atoms with Crippen LogP contribution in [-0.4, -0.2) is 6.21 Å². The number of hydrogen-bond donors (Lipinski definition) is 0. The number of alkyl halides is 3. The first-order valence-corrected chi connectivity index (χ1v) is 5.42. The number of halogens is 4. The van der Waals surface area contributed by atoms with Crippen molar-refractivity contribution in [3.63, 3.8) is 0 Å². The molecule has 0 atom stereocenters. The Bertz CT molecular complexity index is 585. The molecule has 1 nitrogen and oxygen atoms in total. The van der Waals surface area contributed by atoms with E-state index in [4.69, 9.17) is 0 Å². The summed E-state index contributed by atoms with van der Waals surface area (Å²) in [4.78, 5) is 3.98. The lowest BCUT2D eigenvalue weighted by atomic mass is 10.1. The third-order valence-corrected chi connectivity index (χ3v) is 2.40. The van der Waals surface area contributed by atoms with E-state index in [9.17, 15) is 17.6 Å². The molecule has 0 radical (unpaired) electrons. The lowest BCUT2D eigenvalue weighted by Gasteiger charge is -2.06. The largest absolute Gasteiger partial charge is 0.416 e. The van der Waals surface area contributed by atoms with Gasteiger partial charge in [0.2, 0.25) is 0 Å². The Morgan fingerprint density at radius 3 is 2.26 bits per heavy atom. The molecule has 0 aliphatic carbocycles. The average molecular weight is 267 g/mol. The van der Waals surface area contributed by atoms with Crippen molar-refractivity contribution < 1.29 is 17.6 Å². The van der Waals surface area contributed by atoms with Gasteiger partial charge in [0.15, 0.2) is 0 Å². The fraction of sp³-hybridized carbons (Fsp3) is 0.0714. The van der Waals surface area contributed by atoms with E-state index < -0.39 is 17.6 Å². The third kappa shape index (κ3) is 3.64. The zero-order valence-corrected chi connectivity index (χ0v) is 9.66. The topological polar surface area (TPSA) is 12.4 Å². The summed E-state index contributed by atoms with van der Waals surface area (Å²) in [6, 6.07) is 10.2. The average Bonchev–Trinajstić information content (AvgIpc) is 2.37. The van der Waals surface area contributed by atoms with E-state index in [1.54, 1.807) is 0 Å². The lowest BCUT2D eigenvalue weighted by Crippen LogP contribution is -2.04. The predicted octanol–water partition coefficient (Wildman–Crippen LogP) is 4.60. The van der Waals surface area contributed by atoms with Gasteiger partial charge >= 0.3 is 6.18 Å². The number of rotatable bonds is 2. The van der Waals surface area contributed by atoms with Crippen LogP contribution < -0.4 is 0 Å². The molecule has 0 saturated heterocycles. The molecule has 0 N–H and O–H groups in total. The molecule has 0 aliphatic rings. The number of nitrogens with zero attached hydrogens (tertiary/aromatic N) is 1. The highest BCUT2D eigenvalue weighted by molar-refractivity contribution is 5.82. The van der Waals surface area contributed by atoms with Crippen molar-refractivity contribution in [2.75, 3.05) is 0 Å². The second kappa shape index (κ2) is 5.22. The molecule has 0 aromatic heterocycles. The maximum Gasteiger partial charge on any atom is 0.416 e. The van der Waals surface area contributed by atoms with Gasteiger partial charge in [-0.15, -0.1) is 0 Å². The Balaban J connectivity index is 2.21. The van der Waals surface area contributed by atoms with Crippen LogP contribution in [0.2, 0.25) is 0 Å². The van der Waals surface area contributed by atoms with Crippen molar-refractivity contribution in [2.24, 2.45) is 4.99 Å². The van der Waals surface area contributed by atoms with Gasteiger partial charge in [-0.2, -0.15) is 13.2 Å². The van der Waals surface area contributed by atoms with Crippen LogP contribution in [-0.2, 0) is 6.18 Å². The van der Waals surface area contributed by atoms with E-state index in [2.05, 4.69) is 4.99 Å². The van der Waals surface area contributed by atoms with Crippen molar-refractivity contribution in [1.29, 1.82) is 0 Å². The van der Waals surface area contributed by atoms with E-state index in [-0.39, 0.29) is 0 Å². The lowest BCUT2D eigenvalue weighted by molar-refractivity contribution is -0.137. The van der Waals surface area contributed by atoms with Gasteiger partial charge < -0.3 is 0 Å². The summed E-state index contributed by atoms with van der Waals surface area (Å²) in [5, 5.41) is 0. The Morgan fingerprint density at radius 2 is 1.63 bits per heavy atom. The number of benzene rings is 2. The van der Waals surface area contributed by atoms with Crippen LogP contribution in [0.15, 0.2) is 53.5 Å². The van der Waals surface area contributed by atoms with Crippen LogP contribution in [0.3, 0.4) is 0 Å². The first-order valence-electron chi connectivity index (χ1n) is 5.42. The van der Waals surface area contributed by atoms with Gasteiger partial charge in [0.05, 0.1) is 11.3 Å². The van der Waals surface area contributed by atoms with Crippen molar-refractivity contribution in [3.8, 4) is 0 Å². The minimum atomic E-state index is -4.38. The summed E-state index contributed by atoms with van der Waals surface area (Å²) < 4.78 is 50.1. The summed E-state index contributed by atoms with van der Waals surface area (Å²) in [5.74, 6) is -0.391. The maximum absolute atomic E-state index is 12.7. The normalized spacial score (nSPS) is 12.0. The highest BCUT2D eigenvalue weighted by Gasteiger charge is 2.30. The molecule has 0 spiro atoms. The first-order chi connectivity index (χ1) is 8.95. The molecule has 0 heterocycles. The molecule has 2 rings (SSSR count). The molecule has 0 unspecified atom stereocenters. The SMILES string of the molecule is Fc1ccc(N=Cc2cccc(C(F)(F)F)c2)cc1. The zero-order chi connectivity index (χ0) is 13.9. The summed E-state index contributed by atoms with van der Waals surface area (Å²) in [5.41, 5.74) is 0.0773. The van der Waals surface area contributed by atoms with Crippen molar-refractivity contribution in [1.82, 2.24) is 0 Å². The summed E-state index contributed by atoms with van der Waals surface area (Å²) >= 11 is 0. The molecule has 2 aromatic rings. The summed E-state index contributed by atoms with van der Waals surface area (Å²) in [7, 11) is 0. The molecule has 0 aliphatic heterocycles. The standard InChI is InChI=1S/C14H9F4N/c15-12-4-6-13(7-5-12)19-9-10-2-1-3-11(8-10)14(16,17)18/h1-9H. The van der Waals surface area contributed by atoms with Gasteiger partial charge in [-0.3, -0.25) is 4.99 Å². The van der Waals surface area contributed by atoms with Gasteiger partial charge in [0.25, 0.3) is 0 Å². The molecule has 0 bridgehead atoms. The Hall–Kier alpha value is -2.17. The van der Waals surface area contributed by atoms with E-state index in [1.165, 1.54) is 42.6 Å². The second-order valence-corrected chi connectivity index (χ2v) is 3.86.